The molecule has 1 rings (SSSR count). The minimum absolute atomic E-state index is 0.0513. The molecule has 4 nitrogen and oxygen atoms in total. The lowest BCUT2D eigenvalue weighted by Gasteiger charge is -2.05. The molecule has 0 saturated heterocycles. The lowest BCUT2D eigenvalue weighted by molar-refractivity contribution is 0.0953. The number of aromatic hydroxyl groups is 1. The van der Waals surface area contributed by atoms with Gasteiger partial charge in [0.15, 0.2) is 0 Å². The molecule has 0 radical (unpaired) electrons. The maximum atomic E-state index is 11.6. The molecule has 1 atom stereocenters. The van der Waals surface area contributed by atoms with E-state index in [2.05, 4.69) is 5.32 Å². The van der Waals surface area contributed by atoms with Crippen LogP contribution in [0.4, 0.5) is 0 Å². The van der Waals surface area contributed by atoms with E-state index < -0.39 is 10.8 Å². The van der Waals surface area contributed by atoms with E-state index in [0.717, 1.165) is 0 Å². The molecule has 0 aliphatic carbocycles. The van der Waals surface area contributed by atoms with Crippen molar-refractivity contribution in [1.82, 2.24) is 5.32 Å². The average molecular weight is 276 g/mol. The van der Waals surface area contributed by atoms with Crippen LogP contribution in [-0.2, 0) is 10.8 Å². The molecule has 0 aliphatic heterocycles. The molecular weight excluding hydrogens is 262 g/mol. The standard InChI is InChI=1S/C11H14ClNO3S/c1-17(16)6-2-5-13-11(15)8-3-4-10(14)9(12)7-8/h3-4,7,14H,2,5-6H2,1H3,(H,13,15). The number of hydrogen-bond donors (Lipinski definition) is 2. The Morgan fingerprint density at radius 2 is 2.24 bits per heavy atom. The van der Waals surface area contributed by atoms with Gasteiger partial charge in [0.1, 0.15) is 5.75 Å². The van der Waals surface area contributed by atoms with Crippen molar-refractivity contribution in [1.29, 1.82) is 0 Å². The molecule has 0 aliphatic rings. The van der Waals surface area contributed by atoms with E-state index in [0.29, 0.717) is 24.3 Å². The molecule has 0 fully saturated rings. The van der Waals surface area contributed by atoms with Gasteiger partial charge in [0.25, 0.3) is 5.91 Å². The Morgan fingerprint density at radius 3 is 2.82 bits per heavy atom. The molecule has 2 N–H and O–H groups in total. The summed E-state index contributed by atoms with van der Waals surface area (Å²) in [7, 11) is -0.837. The fourth-order valence-electron chi connectivity index (χ4n) is 1.23. The number of hydrogen-bond acceptors (Lipinski definition) is 3. The normalized spacial score (nSPS) is 12.1. The SMILES string of the molecule is CS(=O)CCCNC(=O)c1ccc(O)c(Cl)c1. The lowest BCUT2D eigenvalue weighted by Crippen LogP contribution is -2.25. The van der Waals surface area contributed by atoms with Crippen LogP contribution in [0.1, 0.15) is 16.8 Å². The summed E-state index contributed by atoms with van der Waals surface area (Å²) in [4.78, 5) is 11.6. The van der Waals surface area contributed by atoms with Crippen molar-refractivity contribution in [2.24, 2.45) is 0 Å². The van der Waals surface area contributed by atoms with Gasteiger partial charge in [-0.25, -0.2) is 0 Å². The maximum Gasteiger partial charge on any atom is 0.251 e. The number of amides is 1. The fourth-order valence-corrected chi connectivity index (χ4v) is 1.96. The van der Waals surface area contributed by atoms with E-state index in [1.165, 1.54) is 18.2 Å². The molecule has 17 heavy (non-hydrogen) atoms. The van der Waals surface area contributed by atoms with Crippen LogP contribution in [0.15, 0.2) is 18.2 Å². The molecule has 6 heteroatoms. The Hall–Kier alpha value is -1.07. The predicted octanol–water partition coefficient (Wildman–Crippen LogP) is 1.54. The molecule has 1 aromatic carbocycles. The lowest BCUT2D eigenvalue weighted by atomic mass is 10.2. The first-order chi connectivity index (χ1) is 8.00. The Kier molecular flexibility index (Phi) is 5.44. The molecule has 1 amide bonds. The number of carbonyl (C=O) groups is 1. The van der Waals surface area contributed by atoms with Crippen LogP contribution in [0.25, 0.3) is 0 Å². The number of halogens is 1. The monoisotopic (exact) mass is 275 g/mol. The molecule has 94 valence electrons. The van der Waals surface area contributed by atoms with Gasteiger partial charge in [-0.15, -0.1) is 0 Å². The van der Waals surface area contributed by atoms with E-state index in [9.17, 15) is 14.1 Å². The second-order valence-corrected chi connectivity index (χ2v) is 5.51. The Morgan fingerprint density at radius 1 is 1.53 bits per heavy atom. The number of carbonyl (C=O) groups excluding carboxylic acids is 1. The Bertz CT molecular complexity index is 437. The second-order valence-electron chi connectivity index (χ2n) is 3.55. The minimum Gasteiger partial charge on any atom is -0.506 e. The molecule has 1 aromatic rings. The zero-order valence-corrected chi connectivity index (χ0v) is 11.0. The van der Waals surface area contributed by atoms with Crippen LogP contribution in [-0.4, -0.2) is 33.8 Å². The first-order valence-electron chi connectivity index (χ1n) is 5.07. The van der Waals surface area contributed by atoms with Crippen LogP contribution in [0.5, 0.6) is 5.75 Å². The summed E-state index contributed by atoms with van der Waals surface area (Å²) in [5.41, 5.74) is 0.394. The first kappa shape index (κ1) is 14.0. The van der Waals surface area contributed by atoms with E-state index >= 15 is 0 Å². The zero-order chi connectivity index (χ0) is 12.8. The second kappa shape index (κ2) is 6.61. The van der Waals surface area contributed by atoms with Crippen molar-refractivity contribution in [3.63, 3.8) is 0 Å². The topological polar surface area (TPSA) is 66.4 Å². The summed E-state index contributed by atoms with van der Waals surface area (Å²) in [5, 5.41) is 12.0. The molecule has 0 saturated carbocycles. The van der Waals surface area contributed by atoms with Gasteiger partial charge >= 0.3 is 0 Å². The van der Waals surface area contributed by atoms with Crippen molar-refractivity contribution in [2.75, 3.05) is 18.6 Å². The largest absolute Gasteiger partial charge is 0.506 e. The third-order valence-corrected chi connectivity index (χ3v) is 3.27. The summed E-state index contributed by atoms with van der Waals surface area (Å²) < 4.78 is 10.8. The van der Waals surface area contributed by atoms with Gasteiger partial charge < -0.3 is 10.4 Å². The van der Waals surface area contributed by atoms with Crippen LogP contribution in [0.3, 0.4) is 0 Å². The highest BCUT2D eigenvalue weighted by Crippen LogP contribution is 2.23. The first-order valence-corrected chi connectivity index (χ1v) is 7.18. The van der Waals surface area contributed by atoms with Gasteiger partial charge in [0, 0.05) is 34.9 Å². The highest BCUT2D eigenvalue weighted by molar-refractivity contribution is 7.84. The Labute approximate surface area is 107 Å². The van der Waals surface area contributed by atoms with Crippen molar-refractivity contribution in [3.05, 3.63) is 28.8 Å². The quantitative estimate of drug-likeness (QED) is 0.801. The van der Waals surface area contributed by atoms with Gasteiger partial charge in [-0.05, 0) is 24.6 Å². The van der Waals surface area contributed by atoms with Crippen molar-refractivity contribution in [2.45, 2.75) is 6.42 Å². The summed E-state index contributed by atoms with van der Waals surface area (Å²) in [6.07, 6.45) is 2.29. The number of rotatable bonds is 5. The third-order valence-electron chi connectivity index (χ3n) is 2.10. The van der Waals surface area contributed by atoms with E-state index in [1.807, 2.05) is 0 Å². The van der Waals surface area contributed by atoms with Crippen LogP contribution < -0.4 is 5.32 Å². The van der Waals surface area contributed by atoms with E-state index in [-0.39, 0.29) is 16.7 Å². The highest BCUT2D eigenvalue weighted by Gasteiger charge is 2.07. The smallest absolute Gasteiger partial charge is 0.251 e. The summed E-state index contributed by atoms with van der Waals surface area (Å²) in [6.45, 7) is 0.469. The number of phenols is 1. The summed E-state index contributed by atoms with van der Waals surface area (Å²) in [5.74, 6) is 0.259. The van der Waals surface area contributed by atoms with Gasteiger partial charge in [-0.1, -0.05) is 11.6 Å². The van der Waals surface area contributed by atoms with Crippen LogP contribution in [0, 0.1) is 0 Å². The van der Waals surface area contributed by atoms with Crippen LogP contribution in [0.2, 0.25) is 5.02 Å². The zero-order valence-electron chi connectivity index (χ0n) is 9.40. The number of phenolic OH excluding ortho intramolecular Hbond substituents is 1. The molecule has 0 aromatic heterocycles. The number of benzene rings is 1. The van der Waals surface area contributed by atoms with Gasteiger partial charge in [0.2, 0.25) is 0 Å². The molecular formula is C11H14ClNO3S. The van der Waals surface area contributed by atoms with Gasteiger partial charge in [-0.3, -0.25) is 9.00 Å². The van der Waals surface area contributed by atoms with Crippen molar-refractivity contribution < 1.29 is 14.1 Å². The van der Waals surface area contributed by atoms with Crippen molar-refractivity contribution in [3.8, 4) is 5.75 Å². The number of nitrogens with one attached hydrogen (secondary N) is 1. The third kappa shape index (κ3) is 4.75. The molecule has 0 bridgehead atoms. The van der Waals surface area contributed by atoms with Crippen LogP contribution >= 0.6 is 11.6 Å². The van der Waals surface area contributed by atoms with E-state index in [4.69, 9.17) is 11.6 Å². The molecule has 1 unspecified atom stereocenters. The molecule has 0 heterocycles. The maximum absolute atomic E-state index is 11.6. The average Bonchev–Trinajstić information content (AvgIpc) is 2.27. The Balaban J connectivity index is 2.47. The summed E-state index contributed by atoms with van der Waals surface area (Å²) >= 11 is 5.69. The van der Waals surface area contributed by atoms with Crippen molar-refractivity contribution >= 4 is 28.3 Å². The van der Waals surface area contributed by atoms with Gasteiger partial charge in [-0.2, -0.15) is 0 Å². The minimum atomic E-state index is -0.837. The fraction of sp³-hybridized carbons (Fsp3) is 0.364. The molecule has 0 spiro atoms. The predicted molar refractivity (Wildman–Crippen MR) is 69.0 cm³/mol. The summed E-state index contributed by atoms with van der Waals surface area (Å²) in [6, 6.07) is 4.27. The van der Waals surface area contributed by atoms with Gasteiger partial charge in [0.05, 0.1) is 5.02 Å². The van der Waals surface area contributed by atoms with E-state index in [1.54, 1.807) is 6.26 Å². The highest BCUT2D eigenvalue weighted by atomic mass is 35.5.